The number of piperidine rings is 1. The summed E-state index contributed by atoms with van der Waals surface area (Å²) in [6.45, 7) is 0.931. The second kappa shape index (κ2) is 6.82. The number of amides is 2. The van der Waals surface area contributed by atoms with Crippen molar-refractivity contribution in [2.75, 3.05) is 13.1 Å². The maximum atomic E-state index is 12.5. The number of nitrogens with two attached hydrogens (primary N) is 1. The summed E-state index contributed by atoms with van der Waals surface area (Å²) in [7, 11) is 0. The maximum absolute atomic E-state index is 12.5. The number of carbonyl (C=O) groups is 2. The Hall–Kier alpha value is -2.06. The minimum Gasteiger partial charge on any atom is -0.446 e. The van der Waals surface area contributed by atoms with E-state index in [0.717, 1.165) is 16.0 Å². The van der Waals surface area contributed by atoms with E-state index in [4.69, 9.17) is 22.1 Å². The fourth-order valence-corrected chi connectivity index (χ4v) is 3.98. The summed E-state index contributed by atoms with van der Waals surface area (Å²) in [5.41, 5.74) is 5.70. The molecular weight excluding hydrogens is 354 g/mol. The van der Waals surface area contributed by atoms with Crippen molar-refractivity contribution in [3.8, 4) is 0 Å². The lowest BCUT2D eigenvalue weighted by Gasteiger charge is -2.31. The molecule has 2 aromatic rings. The summed E-state index contributed by atoms with van der Waals surface area (Å²) in [5.74, 6) is -0.135. The number of hydrogen-bond donors (Lipinski definition) is 1. The highest BCUT2D eigenvalue weighted by molar-refractivity contribution is 7.16. The molecule has 1 saturated heterocycles. The molecule has 0 aliphatic carbocycles. The number of halogens is 1. The summed E-state index contributed by atoms with van der Waals surface area (Å²) in [4.78, 5) is 36.8. The van der Waals surface area contributed by atoms with Gasteiger partial charge >= 0.3 is 11.0 Å². The first-order valence-corrected chi connectivity index (χ1v) is 8.66. The van der Waals surface area contributed by atoms with Crippen molar-refractivity contribution in [2.45, 2.75) is 25.5 Å². The highest BCUT2D eigenvalue weighted by Crippen LogP contribution is 2.22. The van der Waals surface area contributed by atoms with E-state index < -0.39 is 6.09 Å². The second-order valence-electron chi connectivity index (χ2n) is 5.58. The first-order valence-electron chi connectivity index (χ1n) is 7.47. The standard InChI is InChI=1S/C15H16ClN3O4S/c16-9-1-2-11-12(7-9)24-15(22)19(11)8-13(20)18-5-3-10(4-6-18)23-14(17)21/h1-2,7,10H,3-6,8H2,(H2,17,21). The molecular formula is C15H16ClN3O4S. The van der Waals surface area contributed by atoms with E-state index in [1.807, 2.05) is 0 Å². The number of ether oxygens (including phenoxy) is 1. The molecule has 2 N–H and O–H groups in total. The Morgan fingerprint density at radius 3 is 2.71 bits per heavy atom. The zero-order valence-electron chi connectivity index (χ0n) is 12.7. The van der Waals surface area contributed by atoms with Crippen LogP contribution in [0, 0.1) is 0 Å². The quantitative estimate of drug-likeness (QED) is 0.892. The molecule has 0 saturated carbocycles. The van der Waals surface area contributed by atoms with Crippen LogP contribution in [-0.4, -0.2) is 40.7 Å². The van der Waals surface area contributed by atoms with Crippen LogP contribution >= 0.6 is 22.9 Å². The van der Waals surface area contributed by atoms with Crippen LogP contribution in [0.5, 0.6) is 0 Å². The van der Waals surface area contributed by atoms with Crippen molar-refractivity contribution in [2.24, 2.45) is 5.73 Å². The van der Waals surface area contributed by atoms with Gasteiger partial charge in [0.2, 0.25) is 5.91 Å². The zero-order chi connectivity index (χ0) is 17.3. The van der Waals surface area contributed by atoms with Crippen molar-refractivity contribution in [1.82, 2.24) is 9.47 Å². The van der Waals surface area contributed by atoms with Crippen LogP contribution in [0.4, 0.5) is 4.79 Å². The number of fused-ring (bicyclic) bond motifs is 1. The lowest BCUT2D eigenvalue weighted by molar-refractivity contribution is -0.133. The monoisotopic (exact) mass is 369 g/mol. The molecule has 1 fully saturated rings. The average Bonchev–Trinajstić information content (AvgIpc) is 2.82. The Kier molecular flexibility index (Phi) is 4.77. The van der Waals surface area contributed by atoms with Crippen molar-refractivity contribution < 1.29 is 14.3 Å². The predicted molar refractivity (Wildman–Crippen MR) is 91.4 cm³/mol. The topological polar surface area (TPSA) is 94.6 Å². The van der Waals surface area contributed by atoms with Gasteiger partial charge in [-0.05, 0) is 18.2 Å². The minimum atomic E-state index is -0.797. The number of benzene rings is 1. The van der Waals surface area contributed by atoms with Crippen LogP contribution in [0.25, 0.3) is 10.2 Å². The third kappa shape index (κ3) is 3.54. The Morgan fingerprint density at radius 1 is 1.33 bits per heavy atom. The predicted octanol–water partition coefficient (Wildman–Crippen LogP) is 1.80. The molecule has 0 bridgehead atoms. The van der Waals surface area contributed by atoms with E-state index in [0.29, 0.717) is 36.5 Å². The van der Waals surface area contributed by atoms with Gasteiger partial charge in [0.1, 0.15) is 12.6 Å². The summed E-state index contributed by atoms with van der Waals surface area (Å²) in [5, 5.41) is 0.554. The number of carbonyl (C=O) groups excluding carboxylic acids is 2. The van der Waals surface area contributed by atoms with Crippen LogP contribution in [0.15, 0.2) is 23.0 Å². The van der Waals surface area contributed by atoms with Gasteiger partial charge in [-0.25, -0.2) is 4.79 Å². The number of nitrogens with zero attached hydrogens (tertiary/aromatic N) is 2. The molecule has 0 radical (unpaired) electrons. The van der Waals surface area contributed by atoms with Gasteiger partial charge in [-0.1, -0.05) is 22.9 Å². The van der Waals surface area contributed by atoms with Gasteiger partial charge in [-0.3, -0.25) is 14.2 Å². The molecule has 0 spiro atoms. The number of rotatable bonds is 3. The molecule has 24 heavy (non-hydrogen) atoms. The first kappa shape index (κ1) is 16.8. The summed E-state index contributed by atoms with van der Waals surface area (Å²) >= 11 is 7.00. The number of hydrogen-bond acceptors (Lipinski definition) is 5. The molecule has 1 aromatic carbocycles. The Bertz CT molecular complexity index is 839. The third-order valence-corrected chi connectivity index (χ3v) is 5.18. The van der Waals surface area contributed by atoms with E-state index in [1.54, 1.807) is 23.1 Å². The van der Waals surface area contributed by atoms with E-state index in [9.17, 15) is 14.4 Å². The summed E-state index contributed by atoms with van der Waals surface area (Å²) in [6.07, 6.45) is 0.0424. The van der Waals surface area contributed by atoms with Crippen molar-refractivity contribution >= 4 is 45.2 Å². The molecule has 0 atom stereocenters. The van der Waals surface area contributed by atoms with Crippen LogP contribution < -0.4 is 10.6 Å². The number of thiazole rings is 1. The number of aromatic nitrogens is 1. The molecule has 2 heterocycles. The van der Waals surface area contributed by atoms with Crippen LogP contribution in [-0.2, 0) is 16.1 Å². The number of likely N-dealkylation sites (tertiary alicyclic amines) is 1. The SMILES string of the molecule is NC(=O)OC1CCN(C(=O)Cn2c(=O)sc3cc(Cl)ccc32)CC1. The Morgan fingerprint density at radius 2 is 2.04 bits per heavy atom. The molecule has 3 rings (SSSR count). The molecule has 2 amide bonds. The largest absolute Gasteiger partial charge is 0.446 e. The second-order valence-corrected chi connectivity index (χ2v) is 7.01. The Labute approximate surface area is 146 Å². The Balaban J connectivity index is 1.69. The van der Waals surface area contributed by atoms with Crippen LogP contribution in [0.2, 0.25) is 5.02 Å². The highest BCUT2D eigenvalue weighted by Gasteiger charge is 2.25. The summed E-state index contributed by atoms with van der Waals surface area (Å²) < 4.78 is 7.17. The van der Waals surface area contributed by atoms with Gasteiger partial charge in [-0.15, -0.1) is 0 Å². The van der Waals surface area contributed by atoms with Gasteiger partial charge in [0.15, 0.2) is 0 Å². The average molecular weight is 370 g/mol. The van der Waals surface area contributed by atoms with E-state index >= 15 is 0 Å². The van der Waals surface area contributed by atoms with Gasteiger partial charge in [0, 0.05) is 31.0 Å². The lowest BCUT2D eigenvalue weighted by atomic mass is 10.1. The minimum absolute atomic E-state index is 0.0121. The van der Waals surface area contributed by atoms with E-state index in [1.165, 1.54) is 4.57 Å². The number of primary amides is 1. The molecule has 9 heteroatoms. The van der Waals surface area contributed by atoms with Crippen LogP contribution in [0.1, 0.15) is 12.8 Å². The normalized spacial score (nSPS) is 15.6. The zero-order valence-corrected chi connectivity index (χ0v) is 14.3. The molecule has 1 aromatic heterocycles. The van der Waals surface area contributed by atoms with E-state index in [2.05, 4.69) is 0 Å². The molecule has 7 nitrogen and oxygen atoms in total. The lowest BCUT2D eigenvalue weighted by Crippen LogP contribution is -2.43. The molecule has 0 unspecified atom stereocenters. The molecule has 1 aliphatic rings. The molecule has 1 aliphatic heterocycles. The first-order chi connectivity index (χ1) is 11.4. The van der Waals surface area contributed by atoms with Gasteiger partial charge in [0.05, 0.1) is 10.2 Å². The molecule has 128 valence electrons. The maximum Gasteiger partial charge on any atom is 0.404 e. The van der Waals surface area contributed by atoms with E-state index in [-0.39, 0.29) is 23.4 Å². The van der Waals surface area contributed by atoms with Crippen molar-refractivity contribution in [3.05, 3.63) is 32.9 Å². The fourth-order valence-electron chi connectivity index (χ4n) is 2.81. The van der Waals surface area contributed by atoms with Gasteiger partial charge < -0.3 is 15.4 Å². The van der Waals surface area contributed by atoms with Gasteiger partial charge in [-0.2, -0.15) is 0 Å². The van der Waals surface area contributed by atoms with Crippen LogP contribution in [0.3, 0.4) is 0 Å². The van der Waals surface area contributed by atoms with Crippen molar-refractivity contribution in [3.63, 3.8) is 0 Å². The third-order valence-electron chi connectivity index (χ3n) is 4.00. The highest BCUT2D eigenvalue weighted by atomic mass is 35.5. The summed E-state index contributed by atoms with van der Waals surface area (Å²) in [6, 6.07) is 5.16. The fraction of sp³-hybridized carbons (Fsp3) is 0.400. The van der Waals surface area contributed by atoms with Gasteiger partial charge in [0.25, 0.3) is 0 Å². The van der Waals surface area contributed by atoms with Crippen molar-refractivity contribution in [1.29, 1.82) is 0 Å². The smallest absolute Gasteiger partial charge is 0.404 e.